The summed E-state index contributed by atoms with van der Waals surface area (Å²) in [4.78, 5) is 28.8. The van der Waals surface area contributed by atoms with Crippen molar-refractivity contribution in [2.75, 3.05) is 4.90 Å². The predicted octanol–water partition coefficient (Wildman–Crippen LogP) is 7.08. The highest BCUT2D eigenvalue weighted by molar-refractivity contribution is 7.94. The van der Waals surface area contributed by atoms with E-state index in [1.807, 2.05) is 66.7 Å². The van der Waals surface area contributed by atoms with Crippen LogP contribution in [0, 0.1) is 0 Å². The average Bonchev–Trinajstić information content (AvgIpc) is 2.98. The molecule has 0 fully saturated rings. The quantitative estimate of drug-likeness (QED) is 0.211. The van der Waals surface area contributed by atoms with Gasteiger partial charge >= 0.3 is 6.09 Å². The van der Waals surface area contributed by atoms with Crippen LogP contribution in [0.1, 0.15) is 39.7 Å². The van der Waals surface area contributed by atoms with Crippen molar-refractivity contribution in [3.8, 4) is 0 Å². The number of fused-ring (bicyclic) bond motifs is 1. The number of aryl methyl sites for hydroxylation is 1. The smallest absolute Gasteiger partial charge is 0.415 e. The van der Waals surface area contributed by atoms with E-state index in [0.29, 0.717) is 18.5 Å². The molecule has 4 aromatic rings. The van der Waals surface area contributed by atoms with E-state index in [1.165, 1.54) is 23.1 Å². The van der Waals surface area contributed by atoms with Gasteiger partial charge in [-0.15, -0.1) is 0 Å². The second kappa shape index (κ2) is 13.7. The van der Waals surface area contributed by atoms with Crippen molar-refractivity contribution in [2.24, 2.45) is 0 Å². The first-order chi connectivity index (χ1) is 20.4. The van der Waals surface area contributed by atoms with Gasteiger partial charge in [-0.25, -0.2) is 13.2 Å². The van der Waals surface area contributed by atoms with E-state index >= 15 is 0 Å². The highest BCUT2D eigenvalue weighted by Crippen LogP contribution is 2.26. The van der Waals surface area contributed by atoms with Crippen molar-refractivity contribution in [3.63, 3.8) is 0 Å². The highest BCUT2D eigenvalue weighted by atomic mass is 32.2. The van der Waals surface area contributed by atoms with Crippen LogP contribution in [-0.2, 0) is 25.8 Å². The summed E-state index contributed by atoms with van der Waals surface area (Å²) in [7, 11) is -3.72. The second-order valence-corrected chi connectivity index (χ2v) is 13.2. The van der Waals surface area contributed by atoms with Crippen LogP contribution >= 0.6 is 0 Å². The topological polar surface area (TPSA) is 92.8 Å². The number of sulfone groups is 1. The van der Waals surface area contributed by atoms with Gasteiger partial charge in [0.05, 0.1) is 4.90 Å². The number of carbonyl (C=O) groups is 2. The minimum Gasteiger partial charge on any atom is -0.443 e. The number of benzene rings is 4. The van der Waals surface area contributed by atoms with Gasteiger partial charge in [-0.2, -0.15) is 0 Å². The third-order valence-corrected chi connectivity index (χ3v) is 8.29. The molecule has 0 saturated carbocycles. The van der Waals surface area contributed by atoms with Crippen LogP contribution in [0.2, 0.25) is 0 Å². The van der Waals surface area contributed by atoms with Gasteiger partial charge in [-0.1, -0.05) is 84.9 Å². The zero-order chi connectivity index (χ0) is 31.0. The van der Waals surface area contributed by atoms with Crippen molar-refractivity contribution >= 4 is 38.3 Å². The number of rotatable bonds is 10. The normalized spacial score (nSPS) is 13.4. The Balaban J connectivity index is 1.62. The lowest BCUT2D eigenvalue weighted by atomic mass is 10.0. The summed E-state index contributed by atoms with van der Waals surface area (Å²) in [5.74, 6) is -0.446. The maximum atomic E-state index is 13.8. The fourth-order valence-electron chi connectivity index (χ4n) is 4.62. The predicted molar refractivity (Wildman–Crippen MR) is 172 cm³/mol. The van der Waals surface area contributed by atoms with Crippen molar-refractivity contribution in [1.82, 2.24) is 5.32 Å². The van der Waals surface area contributed by atoms with Crippen LogP contribution in [0.4, 0.5) is 10.5 Å². The molecule has 4 rings (SSSR count). The highest BCUT2D eigenvalue weighted by Gasteiger charge is 2.32. The summed E-state index contributed by atoms with van der Waals surface area (Å²) in [6.07, 6.45) is 1.90. The lowest BCUT2D eigenvalue weighted by molar-refractivity contribution is -0.122. The van der Waals surface area contributed by atoms with Crippen LogP contribution in [-0.4, -0.2) is 38.1 Å². The molecule has 4 aromatic carbocycles. The summed E-state index contributed by atoms with van der Waals surface area (Å²) in [5.41, 5.74) is 0.786. The SMILES string of the molecule is CC(C(=O)NC(C=CS(=O)(=O)c1ccccc1)CCc1ccccc1)N(C(=O)OC(C)(C)C)c1ccc2ccccc2c1. The molecule has 0 aliphatic carbocycles. The van der Waals surface area contributed by atoms with E-state index in [9.17, 15) is 18.0 Å². The molecular formula is C35H38N2O5S. The number of nitrogens with zero attached hydrogens (tertiary/aromatic N) is 1. The minimum atomic E-state index is -3.72. The van der Waals surface area contributed by atoms with Crippen LogP contribution in [0.5, 0.6) is 0 Å². The molecule has 0 saturated heterocycles. The van der Waals surface area contributed by atoms with E-state index < -0.39 is 39.5 Å². The zero-order valence-electron chi connectivity index (χ0n) is 24.9. The molecule has 0 aliphatic rings. The molecule has 7 nitrogen and oxygen atoms in total. The number of nitrogens with one attached hydrogen (secondary N) is 1. The average molecular weight is 599 g/mol. The summed E-state index contributed by atoms with van der Waals surface area (Å²) in [6, 6.07) is 29.6. The van der Waals surface area contributed by atoms with Gasteiger partial charge in [0, 0.05) is 17.1 Å². The Morgan fingerprint density at radius 1 is 0.860 bits per heavy atom. The molecule has 0 bridgehead atoms. The molecule has 43 heavy (non-hydrogen) atoms. The molecule has 0 aliphatic heterocycles. The molecule has 0 aromatic heterocycles. The molecule has 2 amide bonds. The van der Waals surface area contributed by atoms with Crippen LogP contribution in [0.15, 0.2) is 120 Å². The second-order valence-electron chi connectivity index (χ2n) is 11.4. The van der Waals surface area contributed by atoms with Gasteiger partial charge in [0.1, 0.15) is 11.6 Å². The number of hydrogen-bond donors (Lipinski definition) is 1. The fraction of sp³-hybridized carbons (Fsp3) is 0.257. The maximum absolute atomic E-state index is 13.8. The first kappa shape index (κ1) is 31.5. The first-order valence-electron chi connectivity index (χ1n) is 14.3. The zero-order valence-corrected chi connectivity index (χ0v) is 25.8. The molecule has 0 spiro atoms. The van der Waals surface area contributed by atoms with E-state index in [4.69, 9.17) is 4.74 Å². The van der Waals surface area contributed by atoms with Gasteiger partial charge in [0.25, 0.3) is 0 Å². The van der Waals surface area contributed by atoms with Crippen molar-refractivity contribution in [3.05, 3.63) is 120 Å². The molecule has 0 heterocycles. The fourth-order valence-corrected chi connectivity index (χ4v) is 5.71. The lowest BCUT2D eigenvalue weighted by Gasteiger charge is -2.32. The van der Waals surface area contributed by atoms with Crippen molar-refractivity contribution in [1.29, 1.82) is 0 Å². The number of carbonyl (C=O) groups excluding carboxylic acids is 2. The Labute approximate surface area is 254 Å². The third kappa shape index (κ3) is 8.78. The standard InChI is InChI=1S/C35H38N2O5S/c1-26(37(34(39)42-35(2,3)4)31-22-20-28-15-11-12-16-29(28)25-31)33(38)36-30(21-19-27-13-7-5-8-14-27)23-24-43(40,41)32-17-9-6-10-18-32/h5-18,20,22-26,30H,19,21H2,1-4H3,(H,36,38). The summed E-state index contributed by atoms with van der Waals surface area (Å²) in [6.45, 7) is 6.94. The van der Waals surface area contributed by atoms with Gasteiger partial charge in [-0.3, -0.25) is 9.69 Å². The number of ether oxygens (including phenoxy) is 1. The maximum Gasteiger partial charge on any atom is 0.415 e. The number of anilines is 1. The van der Waals surface area contributed by atoms with Crippen LogP contribution in [0.3, 0.4) is 0 Å². The van der Waals surface area contributed by atoms with Gasteiger partial charge in [-0.05, 0) is 81.1 Å². The number of amides is 2. The molecular weight excluding hydrogens is 560 g/mol. The monoisotopic (exact) mass is 598 g/mol. The summed E-state index contributed by atoms with van der Waals surface area (Å²) in [5, 5.41) is 6.02. The van der Waals surface area contributed by atoms with Crippen LogP contribution < -0.4 is 10.2 Å². The van der Waals surface area contributed by atoms with Crippen LogP contribution in [0.25, 0.3) is 10.8 Å². The minimum absolute atomic E-state index is 0.167. The molecule has 0 radical (unpaired) electrons. The third-order valence-electron chi connectivity index (χ3n) is 6.84. The molecule has 224 valence electrons. The summed E-state index contributed by atoms with van der Waals surface area (Å²) < 4.78 is 31.7. The summed E-state index contributed by atoms with van der Waals surface area (Å²) >= 11 is 0. The lowest BCUT2D eigenvalue weighted by Crippen LogP contribution is -2.51. The molecule has 2 atom stereocenters. The van der Waals surface area contributed by atoms with Crippen molar-refractivity contribution < 1.29 is 22.7 Å². The molecule has 1 N–H and O–H groups in total. The van der Waals surface area contributed by atoms with Gasteiger partial charge in [0.2, 0.25) is 5.91 Å². The Morgan fingerprint density at radius 3 is 2.12 bits per heavy atom. The Kier molecular flexibility index (Phi) is 10.0. The van der Waals surface area contributed by atoms with Gasteiger partial charge < -0.3 is 10.1 Å². The first-order valence-corrected chi connectivity index (χ1v) is 15.8. The molecule has 2 unspecified atom stereocenters. The van der Waals surface area contributed by atoms with E-state index in [1.54, 1.807) is 52.0 Å². The van der Waals surface area contributed by atoms with Crippen molar-refractivity contribution in [2.45, 2.75) is 63.1 Å². The molecule has 8 heteroatoms. The van der Waals surface area contributed by atoms with E-state index in [2.05, 4.69) is 5.32 Å². The number of hydrogen-bond acceptors (Lipinski definition) is 5. The Bertz CT molecular complexity index is 1680. The Morgan fingerprint density at radius 2 is 1.47 bits per heavy atom. The van der Waals surface area contributed by atoms with E-state index in [-0.39, 0.29) is 4.90 Å². The largest absolute Gasteiger partial charge is 0.443 e. The Hall–Kier alpha value is -4.43. The van der Waals surface area contributed by atoms with E-state index in [0.717, 1.165) is 21.7 Å². The van der Waals surface area contributed by atoms with Gasteiger partial charge in [0.15, 0.2) is 9.84 Å².